The van der Waals surface area contributed by atoms with Crippen LogP contribution in [0.4, 0.5) is 23.0 Å². The third kappa shape index (κ3) is 3.78. The van der Waals surface area contributed by atoms with Gasteiger partial charge < -0.3 is 4.74 Å². The summed E-state index contributed by atoms with van der Waals surface area (Å²) in [7, 11) is 0. The molecular formula is C8H5F3N2O2S. The zero-order chi connectivity index (χ0) is 12.2. The highest BCUT2D eigenvalue weighted by atomic mass is 32.1. The monoisotopic (exact) mass is 250 g/mol. The Balaban J connectivity index is 2.50. The Labute approximate surface area is 92.2 Å². The van der Waals surface area contributed by atoms with E-state index in [0.717, 1.165) is 11.3 Å². The largest absolute Gasteiger partial charge is 0.440 e. The van der Waals surface area contributed by atoms with Crippen LogP contribution >= 0.6 is 11.3 Å². The topological polar surface area (TPSA) is 62.1 Å². The second-order valence-electron chi connectivity index (χ2n) is 2.59. The maximum Gasteiger partial charge on any atom is 0.422 e. The molecule has 1 aromatic rings. The van der Waals surface area contributed by atoms with Gasteiger partial charge in [0.25, 0.3) is 0 Å². The molecule has 1 rings (SSSR count). The van der Waals surface area contributed by atoms with E-state index in [4.69, 9.17) is 5.26 Å². The molecule has 86 valence electrons. The molecule has 1 amide bonds. The van der Waals surface area contributed by atoms with Crippen LogP contribution in [0.1, 0.15) is 5.56 Å². The normalized spacial score (nSPS) is 10.6. The van der Waals surface area contributed by atoms with Gasteiger partial charge in [0.1, 0.15) is 11.1 Å². The summed E-state index contributed by atoms with van der Waals surface area (Å²) in [6, 6.07) is 3.21. The molecule has 0 spiro atoms. The van der Waals surface area contributed by atoms with Crippen molar-refractivity contribution in [2.24, 2.45) is 0 Å². The lowest BCUT2D eigenvalue weighted by molar-refractivity contribution is -0.159. The molecule has 0 aliphatic heterocycles. The van der Waals surface area contributed by atoms with E-state index >= 15 is 0 Å². The number of anilines is 1. The predicted molar refractivity (Wildman–Crippen MR) is 50.1 cm³/mol. The number of thiophene rings is 1. The molecule has 0 radical (unpaired) electrons. The van der Waals surface area contributed by atoms with E-state index in [1.165, 1.54) is 11.4 Å². The van der Waals surface area contributed by atoms with Crippen LogP contribution in [0.25, 0.3) is 0 Å². The Bertz CT molecular complexity index is 422. The first-order valence-electron chi connectivity index (χ1n) is 3.90. The fourth-order valence-electron chi connectivity index (χ4n) is 0.770. The smallest absolute Gasteiger partial charge is 0.422 e. The van der Waals surface area contributed by atoms with Crippen LogP contribution in [-0.4, -0.2) is 18.9 Å². The molecule has 0 aliphatic carbocycles. The van der Waals surface area contributed by atoms with Crippen molar-refractivity contribution in [3.8, 4) is 6.07 Å². The lowest BCUT2D eigenvalue weighted by Crippen LogP contribution is -2.23. The minimum atomic E-state index is -4.56. The van der Waals surface area contributed by atoms with Gasteiger partial charge in [-0.15, -0.1) is 11.3 Å². The van der Waals surface area contributed by atoms with Crippen LogP contribution in [0.3, 0.4) is 0 Å². The zero-order valence-electron chi connectivity index (χ0n) is 7.67. The molecule has 0 bridgehead atoms. The number of nitriles is 1. The maximum atomic E-state index is 11.7. The van der Waals surface area contributed by atoms with Gasteiger partial charge in [0.05, 0.1) is 5.56 Å². The van der Waals surface area contributed by atoms with E-state index in [1.54, 1.807) is 6.07 Å². The number of carbonyl (C=O) groups is 1. The van der Waals surface area contributed by atoms with Gasteiger partial charge >= 0.3 is 12.3 Å². The number of ether oxygens (including phenoxy) is 1. The first-order chi connectivity index (χ1) is 7.42. The Hall–Kier alpha value is -1.75. The quantitative estimate of drug-likeness (QED) is 0.877. The van der Waals surface area contributed by atoms with Crippen LogP contribution in [0.5, 0.6) is 0 Å². The summed E-state index contributed by atoms with van der Waals surface area (Å²) in [6.07, 6.45) is -5.80. The number of halogens is 3. The van der Waals surface area contributed by atoms with Crippen molar-refractivity contribution >= 4 is 22.4 Å². The molecule has 1 N–H and O–H groups in total. The number of carbonyl (C=O) groups excluding carboxylic acids is 1. The van der Waals surface area contributed by atoms with Crippen LogP contribution in [0, 0.1) is 11.3 Å². The molecule has 0 saturated carbocycles. The van der Waals surface area contributed by atoms with Crippen LogP contribution in [0.15, 0.2) is 11.4 Å². The summed E-state index contributed by atoms with van der Waals surface area (Å²) in [5.41, 5.74) is 0.175. The van der Waals surface area contributed by atoms with Gasteiger partial charge in [-0.2, -0.15) is 18.4 Å². The van der Waals surface area contributed by atoms with Gasteiger partial charge in [-0.05, 0) is 11.4 Å². The SMILES string of the molecule is N#Cc1ccsc1NC(=O)OCC(F)(F)F. The van der Waals surface area contributed by atoms with Crippen molar-refractivity contribution in [3.05, 3.63) is 17.0 Å². The van der Waals surface area contributed by atoms with Crippen molar-refractivity contribution in [1.82, 2.24) is 0 Å². The molecule has 4 nitrogen and oxygen atoms in total. The number of alkyl halides is 3. The summed E-state index contributed by atoms with van der Waals surface area (Å²) in [5, 5.41) is 12.3. The van der Waals surface area contributed by atoms with Gasteiger partial charge in [0.2, 0.25) is 0 Å². The first kappa shape index (κ1) is 12.3. The second-order valence-corrected chi connectivity index (χ2v) is 3.51. The average molecular weight is 250 g/mol. The summed E-state index contributed by atoms with van der Waals surface area (Å²) in [4.78, 5) is 10.9. The molecule has 0 atom stereocenters. The van der Waals surface area contributed by atoms with Crippen molar-refractivity contribution < 1.29 is 22.7 Å². The Morgan fingerprint density at radius 3 is 2.88 bits per heavy atom. The number of nitrogens with one attached hydrogen (secondary N) is 1. The summed E-state index contributed by atoms with van der Waals surface area (Å²) < 4.78 is 39.0. The summed E-state index contributed by atoms with van der Waals surface area (Å²) >= 11 is 1.02. The minimum Gasteiger partial charge on any atom is -0.440 e. The Kier molecular flexibility index (Phi) is 3.73. The standard InChI is InChI=1S/C8H5F3N2O2S/c9-8(10,11)4-15-7(14)13-6-5(3-12)1-2-16-6/h1-2H,4H2,(H,13,14). The highest BCUT2D eigenvalue weighted by Gasteiger charge is 2.29. The van der Waals surface area contributed by atoms with Crippen LogP contribution in [-0.2, 0) is 4.74 Å². The van der Waals surface area contributed by atoms with Crippen molar-refractivity contribution in [2.45, 2.75) is 6.18 Å². The van der Waals surface area contributed by atoms with E-state index < -0.39 is 18.9 Å². The van der Waals surface area contributed by atoms with Crippen LogP contribution < -0.4 is 5.32 Å². The summed E-state index contributed by atoms with van der Waals surface area (Å²) in [6.45, 7) is -1.66. The van der Waals surface area contributed by atoms with Crippen molar-refractivity contribution in [2.75, 3.05) is 11.9 Å². The molecule has 0 saturated heterocycles. The fraction of sp³-hybridized carbons (Fsp3) is 0.250. The second kappa shape index (κ2) is 4.85. The van der Waals surface area contributed by atoms with Gasteiger partial charge in [-0.1, -0.05) is 0 Å². The van der Waals surface area contributed by atoms with Gasteiger partial charge in [-0.3, -0.25) is 5.32 Å². The third-order valence-corrected chi connectivity index (χ3v) is 2.20. The first-order valence-corrected chi connectivity index (χ1v) is 4.78. The third-order valence-electron chi connectivity index (χ3n) is 1.37. The lowest BCUT2D eigenvalue weighted by Gasteiger charge is -2.07. The predicted octanol–water partition coefficient (Wildman–Crippen LogP) is 2.73. The molecule has 1 heterocycles. The van der Waals surface area contributed by atoms with E-state index in [0.29, 0.717) is 0 Å². The number of nitrogens with zero attached hydrogens (tertiary/aromatic N) is 1. The average Bonchev–Trinajstić information content (AvgIpc) is 2.61. The minimum absolute atomic E-state index is 0.162. The number of amides is 1. The Morgan fingerprint density at radius 1 is 1.62 bits per heavy atom. The molecule has 0 fully saturated rings. The van der Waals surface area contributed by atoms with Crippen LogP contribution in [0.2, 0.25) is 0 Å². The van der Waals surface area contributed by atoms with E-state index in [1.807, 2.05) is 5.32 Å². The van der Waals surface area contributed by atoms with Crippen molar-refractivity contribution in [1.29, 1.82) is 5.26 Å². The number of hydrogen-bond donors (Lipinski definition) is 1. The molecule has 1 aromatic heterocycles. The lowest BCUT2D eigenvalue weighted by atomic mass is 10.3. The molecule has 8 heteroatoms. The van der Waals surface area contributed by atoms with Crippen molar-refractivity contribution in [3.63, 3.8) is 0 Å². The maximum absolute atomic E-state index is 11.7. The Morgan fingerprint density at radius 2 is 2.31 bits per heavy atom. The molecule has 0 unspecified atom stereocenters. The summed E-state index contributed by atoms with van der Waals surface area (Å²) in [5.74, 6) is 0. The van der Waals surface area contributed by atoms with E-state index in [9.17, 15) is 18.0 Å². The zero-order valence-corrected chi connectivity index (χ0v) is 8.48. The van der Waals surface area contributed by atoms with E-state index in [2.05, 4.69) is 4.74 Å². The molecular weight excluding hydrogens is 245 g/mol. The molecule has 0 aromatic carbocycles. The fourth-order valence-corrected chi connectivity index (χ4v) is 1.49. The number of rotatable bonds is 2. The highest BCUT2D eigenvalue weighted by molar-refractivity contribution is 7.14. The number of hydrogen-bond acceptors (Lipinski definition) is 4. The van der Waals surface area contributed by atoms with Gasteiger partial charge in [0.15, 0.2) is 6.61 Å². The van der Waals surface area contributed by atoms with E-state index in [-0.39, 0.29) is 10.6 Å². The molecule has 0 aliphatic rings. The van der Waals surface area contributed by atoms with Gasteiger partial charge in [-0.25, -0.2) is 4.79 Å². The molecule has 16 heavy (non-hydrogen) atoms. The van der Waals surface area contributed by atoms with Gasteiger partial charge in [0, 0.05) is 0 Å². The highest BCUT2D eigenvalue weighted by Crippen LogP contribution is 2.22.